The van der Waals surface area contributed by atoms with E-state index in [9.17, 15) is 4.79 Å². The topological polar surface area (TPSA) is 88.2 Å². The predicted molar refractivity (Wildman–Crippen MR) is 75.3 cm³/mol. The number of rotatable bonds is 3. The van der Waals surface area contributed by atoms with Crippen LogP contribution in [-0.4, -0.2) is 22.1 Å². The molecule has 19 heavy (non-hydrogen) atoms. The molecule has 1 heterocycles. The number of nitrogens with one attached hydrogen (secondary N) is 1. The SMILES string of the molecule is CC1CCCC(Nc2cc(C(=O)O)c(N)cn2)CC1. The molecule has 1 aliphatic carbocycles. The van der Waals surface area contributed by atoms with Gasteiger partial charge in [0.25, 0.3) is 0 Å². The van der Waals surface area contributed by atoms with E-state index in [1.165, 1.54) is 31.5 Å². The largest absolute Gasteiger partial charge is 0.478 e. The summed E-state index contributed by atoms with van der Waals surface area (Å²) in [5, 5.41) is 12.4. The lowest BCUT2D eigenvalue weighted by Gasteiger charge is -2.17. The molecule has 1 aromatic heterocycles. The van der Waals surface area contributed by atoms with Crippen molar-refractivity contribution < 1.29 is 9.90 Å². The van der Waals surface area contributed by atoms with Crippen LogP contribution < -0.4 is 11.1 Å². The minimum Gasteiger partial charge on any atom is -0.478 e. The normalized spacial score (nSPS) is 23.6. The van der Waals surface area contributed by atoms with Gasteiger partial charge in [0.1, 0.15) is 5.82 Å². The van der Waals surface area contributed by atoms with Crippen LogP contribution in [0.15, 0.2) is 12.3 Å². The van der Waals surface area contributed by atoms with Gasteiger partial charge in [-0.15, -0.1) is 0 Å². The second-order valence-corrected chi connectivity index (χ2v) is 5.42. The summed E-state index contributed by atoms with van der Waals surface area (Å²) < 4.78 is 0. The average Bonchev–Trinajstić information content (AvgIpc) is 2.56. The molecular weight excluding hydrogens is 242 g/mol. The number of carboxylic acids is 1. The van der Waals surface area contributed by atoms with E-state index >= 15 is 0 Å². The van der Waals surface area contributed by atoms with Crippen molar-refractivity contribution in [3.8, 4) is 0 Å². The quantitative estimate of drug-likeness (QED) is 0.730. The molecule has 1 aromatic rings. The summed E-state index contributed by atoms with van der Waals surface area (Å²) in [6, 6.07) is 1.90. The van der Waals surface area contributed by atoms with Crippen LogP contribution in [0.3, 0.4) is 0 Å². The van der Waals surface area contributed by atoms with Crippen LogP contribution in [0.4, 0.5) is 11.5 Å². The molecule has 2 rings (SSSR count). The zero-order valence-corrected chi connectivity index (χ0v) is 11.2. The Morgan fingerprint density at radius 1 is 1.42 bits per heavy atom. The first-order valence-electron chi connectivity index (χ1n) is 6.81. The van der Waals surface area contributed by atoms with Gasteiger partial charge in [-0.25, -0.2) is 9.78 Å². The van der Waals surface area contributed by atoms with Crippen molar-refractivity contribution in [1.29, 1.82) is 0 Å². The van der Waals surface area contributed by atoms with Gasteiger partial charge in [0, 0.05) is 6.04 Å². The molecule has 0 aliphatic heterocycles. The van der Waals surface area contributed by atoms with Gasteiger partial charge in [-0.1, -0.05) is 19.8 Å². The minimum atomic E-state index is -1.02. The Labute approximate surface area is 113 Å². The van der Waals surface area contributed by atoms with Gasteiger partial charge in [-0.3, -0.25) is 0 Å². The molecule has 0 amide bonds. The van der Waals surface area contributed by atoms with Gasteiger partial charge in [0.2, 0.25) is 0 Å². The highest BCUT2D eigenvalue weighted by molar-refractivity contribution is 5.94. The lowest BCUT2D eigenvalue weighted by Crippen LogP contribution is -2.19. The molecule has 1 fully saturated rings. The molecule has 0 aromatic carbocycles. The van der Waals surface area contributed by atoms with E-state index in [0.717, 1.165) is 18.8 Å². The second-order valence-electron chi connectivity index (χ2n) is 5.42. The molecule has 104 valence electrons. The number of pyridine rings is 1. The van der Waals surface area contributed by atoms with Crippen LogP contribution in [0.5, 0.6) is 0 Å². The number of carboxylic acid groups (broad SMARTS) is 1. The van der Waals surface area contributed by atoms with Crippen molar-refractivity contribution in [2.75, 3.05) is 11.1 Å². The summed E-state index contributed by atoms with van der Waals surface area (Å²) in [7, 11) is 0. The first-order valence-corrected chi connectivity index (χ1v) is 6.81. The third-order valence-corrected chi connectivity index (χ3v) is 3.77. The van der Waals surface area contributed by atoms with E-state index < -0.39 is 5.97 Å². The molecule has 5 nitrogen and oxygen atoms in total. The monoisotopic (exact) mass is 263 g/mol. The maximum atomic E-state index is 11.0. The van der Waals surface area contributed by atoms with Gasteiger partial charge < -0.3 is 16.2 Å². The molecule has 1 aliphatic rings. The Hall–Kier alpha value is -1.78. The van der Waals surface area contributed by atoms with E-state index in [2.05, 4.69) is 17.2 Å². The van der Waals surface area contributed by atoms with Gasteiger partial charge in [-0.05, 0) is 31.2 Å². The standard InChI is InChI=1S/C14H21N3O2/c1-9-3-2-4-10(6-5-9)17-13-7-11(14(18)19)12(15)8-16-13/h7-10H,2-6,15H2,1H3,(H,16,17)(H,18,19). The van der Waals surface area contributed by atoms with Gasteiger partial charge in [0.05, 0.1) is 17.4 Å². The second kappa shape index (κ2) is 5.91. The van der Waals surface area contributed by atoms with Crippen molar-refractivity contribution in [3.63, 3.8) is 0 Å². The first-order chi connectivity index (χ1) is 9.06. The van der Waals surface area contributed by atoms with Crippen LogP contribution >= 0.6 is 0 Å². The third-order valence-electron chi connectivity index (χ3n) is 3.77. The zero-order valence-electron chi connectivity index (χ0n) is 11.2. The fourth-order valence-electron chi connectivity index (χ4n) is 2.57. The maximum absolute atomic E-state index is 11.0. The van der Waals surface area contributed by atoms with Crippen molar-refractivity contribution in [2.45, 2.75) is 45.1 Å². The Morgan fingerprint density at radius 2 is 2.21 bits per heavy atom. The number of aromatic carboxylic acids is 1. The highest BCUT2D eigenvalue weighted by atomic mass is 16.4. The summed E-state index contributed by atoms with van der Waals surface area (Å²) in [5.41, 5.74) is 5.91. The Morgan fingerprint density at radius 3 is 2.95 bits per heavy atom. The Bertz CT molecular complexity index is 462. The number of carbonyl (C=O) groups is 1. The lowest BCUT2D eigenvalue weighted by molar-refractivity contribution is 0.0698. The van der Waals surface area contributed by atoms with Gasteiger partial charge in [-0.2, -0.15) is 0 Å². The van der Waals surface area contributed by atoms with Crippen LogP contribution in [0.2, 0.25) is 0 Å². The number of hydrogen-bond acceptors (Lipinski definition) is 4. The van der Waals surface area contributed by atoms with E-state index in [-0.39, 0.29) is 11.3 Å². The van der Waals surface area contributed by atoms with Gasteiger partial charge in [0.15, 0.2) is 0 Å². The fourth-order valence-corrected chi connectivity index (χ4v) is 2.57. The number of hydrogen-bond donors (Lipinski definition) is 3. The molecule has 0 saturated heterocycles. The summed E-state index contributed by atoms with van der Waals surface area (Å²) in [6.45, 7) is 2.28. The number of nitrogens with zero attached hydrogens (tertiary/aromatic N) is 1. The highest BCUT2D eigenvalue weighted by Gasteiger charge is 2.17. The highest BCUT2D eigenvalue weighted by Crippen LogP contribution is 2.25. The van der Waals surface area contributed by atoms with Crippen molar-refractivity contribution in [3.05, 3.63) is 17.8 Å². The van der Waals surface area contributed by atoms with Crippen LogP contribution in [0, 0.1) is 5.92 Å². The fraction of sp³-hybridized carbons (Fsp3) is 0.571. The minimum absolute atomic E-state index is 0.111. The third kappa shape index (κ3) is 3.59. The van der Waals surface area contributed by atoms with Gasteiger partial charge >= 0.3 is 5.97 Å². The Balaban J connectivity index is 2.06. The molecule has 0 spiro atoms. The van der Waals surface area contributed by atoms with Crippen molar-refractivity contribution in [1.82, 2.24) is 4.98 Å². The Kier molecular flexibility index (Phi) is 4.24. The zero-order chi connectivity index (χ0) is 13.8. The number of nitrogens with two attached hydrogens (primary N) is 1. The number of aromatic nitrogens is 1. The number of anilines is 2. The molecule has 4 N–H and O–H groups in total. The molecule has 5 heteroatoms. The first kappa shape index (κ1) is 13.6. The predicted octanol–water partition coefficient (Wildman–Crippen LogP) is 2.74. The summed E-state index contributed by atoms with van der Waals surface area (Å²) >= 11 is 0. The lowest BCUT2D eigenvalue weighted by atomic mass is 10.0. The van der Waals surface area contributed by atoms with Crippen LogP contribution in [0.1, 0.15) is 49.4 Å². The summed E-state index contributed by atoms with van der Waals surface area (Å²) in [4.78, 5) is 15.2. The van der Waals surface area contributed by atoms with E-state index in [4.69, 9.17) is 10.8 Å². The molecule has 0 radical (unpaired) electrons. The summed E-state index contributed by atoms with van der Waals surface area (Å²) in [6.07, 6.45) is 7.31. The van der Waals surface area contributed by atoms with Crippen molar-refractivity contribution >= 4 is 17.5 Å². The van der Waals surface area contributed by atoms with Crippen LogP contribution in [0.25, 0.3) is 0 Å². The van der Waals surface area contributed by atoms with E-state index in [1.54, 1.807) is 0 Å². The smallest absolute Gasteiger partial charge is 0.337 e. The molecular formula is C14H21N3O2. The molecule has 2 atom stereocenters. The van der Waals surface area contributed by atoms with E-state index in [1.807, 2.05) is 0 Å². The van der Waals surface area contributed by atoms with Crippen LogP contribution in [-0.2, 0) is 0 Å². The average molecular weight is 263 g/mol. The molecule has 0 bridgehead atoms. The molecule has 2 unspecified atom stereocenters. The van der Waals surface area contributed by atoms with Crippen molar-refractivity contribution in [2.24, 2.45) is 5.92 Å². The summed E-state index contributed by atoms with van der Waals surface area (Å²) in [5.74, 6) is 0.365. The number of nitrogen functional groups attached to an aromatic ring is 1. The maximum Gasteiger partial charge on any atom is 0.337 e. The molecule has 1 saturated carbocycles. The van der Waals surface area contributed by atoms with E-state index in [0.29, 0.717) is 11.9 Å².